The summed E-state index contributed by atoms with van der Waals surface area (Å²) in [6.07, 6.45) is 8.39. The van der Waals surface area contributed by atoms with Gasteiger partial charge in [-0.25, -0.2) is 0 Å². The third-order valence-electron chi connectivity index (χ3n) is 3.69. The lowest BCUT2D eigenvalue weighted by Crippen LogP contribution is -2.26. The fraction of sp³-hybridized carbons (Fsp3) is 0.600. The van der Waals surface area contributed by atoms with Crippen LogP contribution >= 0.6 is 11.8 Å². The summed E-state index contributed by atoms with van der Waals surface area (Å²) in [6, 6.07) is 10.7. The van der Waals surface area contributed by atoms with Crippen molar-refractivity contribution in [2.24, 2.45) is 11.7 Å². The van der Waals surface area contributed by atoms with Gasteiger partial charge in [-0.3, -0.25) is 0 Å². The van der Waals surface area contributed by atoms with Crippen LogP contribution in [0.1, 0.15) is 38.5 Å². The lowest BCUT2D eigenvalue weighted by Gasteiger charge is -2.24. The minimum absolute atomic E-state index is 0.607. The third kappa shape index (κ3) is 4.04. The van der Waals surface area contributed by atoms with E-state index in [-0.39, 0.29) is 0 Å². The minimum Gasteiger partial charge on any atom is -0.329 e. The largest absolute Gasteiger partial charge is 0.329 e. The first-order chi connectivity index (χ1) is 8.40. The maximum Gasteiger partial charge on any atom is 0.0245 e. The molecule has 0 radical (unpaired) electrons. The first-order valence-corrected chi connectivity index (χ1v) is 7.70. The molecule has 0 heterocycles. The molecule has 0 amide bonds. The van der Waals surface area contributed by atoms with Crippen molar-refractivity contribution < 1.29 is 0 Å². The van der Waals surface area contributed by atoms with Crippen LogP contribution in [0, 0.1) is 5.92 Å². The van der Waals surface area contributed by atoms with Crippen LogP contribution in [0.2, 0.25) is 0 Å². The van der Waals surface area contributed by atoms with Crippen molar-refractivity contribution in [3.63, 3.8) is 0 Å². The monoisotopic (exact) mass is 249 g/mol. The normalized spacial score (nSPS) is 19.8. The molecule has 0 aliphatic heterocycles. The number of benzene rings is 1. The van der Waals surface area contributed by atoms with Gasteiger partial charge in [-0.05, 0) is 30.9 Å². The van der Waals surface area contributed by atoms with E-state index >= 15 is 0 Å². The number of thioether (sulfide) groups is 1. The van der Waals surface area contributed by atoms with Crippen LogP contribution in [0.5, 0.6) is 0 Å². The summed E-state index contributed by atoms with van der Waals surface area (Å²) in [4.78, 5) is 1.37. The molecular formula is C15H23NS. The zero-order valence-electron chi connectivity index (χ0n) is 10.5. The van der Waals surface area contributed by atoms with Crippen molar-refractivity contribution >= 4 is 11.8 Å². The van der Waals surface area contributed by atoms with Gasteiger partial charge in [0.25, 0.3) is 0 Å². The van der Waals surface area contributed by atoms with Crippen molar-refractivity contribution in [3.8, 4) is 0 Å². The molecule has 1 aliphatic rings. The van der Waals surface area contributed by atoms with Gasteiger partial charge in [-0.1, -0.05) is 43.9 Å². The van der Waals surface area contributed by atoms with E-state index in [1.54, 1.807) is 0 Å². The molecule has 2 heteroatoms. The van der Waals surface area contributed by atoms with Gasteiger partial charge in [0.15, 0.2) is 0 Å². The molecule has 1 aromatic carbocycles. The molecule has 2 rings (SSSR count). The Morgan fingerprint density at radius 2 is 1.71 bits per heavy atom. The fourth-order valence-electron chi connectivity index (χ4n) is 2.69. The summed E-state index contributed by atoms with van der Waals surface area (Å²) in [5.74, 6) is 0.827. The minimum atomic E-state index is 0.607. The molecule has 0 aromatic heterocycles. The van der Waals surface area contributed by atoms with Crippen LogP contribution in [0.3, 0.4) is 0 Å². The lowest BCUT2D eigenvalue weighted by molar-refractivity contribution is 0.445. The molecule has 1 aromatic rings. The Bertz CT molecular complexity index is 304. The molecule has 1 saturated carbocycles. The first-order valence-electron chi connectivity index (χ1n) is 6.82. The van der Waals surface area contributed by atoms with Gasteiger partial charge >= 0.3 is 0 Å². The van der Waals surface area contributed by atoms with Crippen molar-refractivity contribution in [3.05, 3.63) is 30.3 Å². The van der Waals surface area contributed by atoms with Crippen LogP contribution in [0.4, 0.5) is 0 Å². The van der Waals surface area contributed by atoms with Gasteiger partial charge in [0.2, 0.25) is 0 Å². The van der Waals surface area contributed by atoms with E-state index in [1.165, 1.54) is 43.4 Å². The number of rotatable bonds is 4. The van der Waals surface area contributed by atoms with Crippen molar-refractivity contribution in [2.45, 2.75) is 48.7 Å². The lowest BCUT2D eigenvalue weighted by atomic mass is 9.96. The molecule has 1 atom stereocenters. The van der Waals surface area contributed by atoms with Gasteiger partial charge in [0.1, 0.15) is 0 Å². The molecule has 0 spiro atoms. The highest BCUT2D eigenvalue weighted by atomic mass is 32.2. The fourth-order valence-corrected chi connectivity index (χ4v) is 3.92. The Hall–Kier alpha value is -0.470. The van der Waals surface area contributed by atoms with E-state index in [0.717, 1.165) is 12.5 Å². The average molecular weight is 249 g/mol. The maximum atomic E-state index is 5.98. The van der Waals surface area contributed by atoms with Crippen LogP contribution in [0.25, 0.3) is 0 Å². The van der Waals surface area contributed by atoms with Gasteiger partial charge in [-0.2, -0.15) is 0 Å². The Balaban J connectivity index is 1.95. The second-order valence-electron chi connectivity index (χ2n) is 4.96. The molecule has 0 saturated heterocycles. The number of nitrogens with two attached hydrogens (primary N) is 1. The van der Waals surface area contributed by atoms with E-state index in [4.69, 9.17) is 5.73 Å². The summed E-state index contributed by atoms with van der Waals surface area (Å²) in [5, 5.41) is 0.607. The van der Waals surface area contributed by atoms with Gasteiger partial charge in [0.05, 0.1) is 0 Å². The Morgan fingerprint density at radius 1 is 1.06 bits per heavy atom. The zero-order chi connectivity index (χ0) is 11.9. The highest BCUT2D eigenvalue weighted by Gasteiger charge is 2.22. The van der Waals surface area contributed by atoms with Crippen LogP contribution in [-0.4, -0.2) is 11.8 Å². The first kappa shape index (κ1) is 13.0. The predicted octanol–water partition coefficient (Wildman–Crippen LogP) is 4.08. The summed E-state index contributed by atoms with van der Waals surface area (Å²) >= 11 is 1.98. The van der Waals surface area contributed by atoms with Crippen molar-refractivity contribution in [1.29, 1.82) is 0 Å². The molecule has 1 unspecified atom stereocenters. The standard InChI is InChI=1S/C15H23NS/c16-12-15(13-8-4-1-2-5-9-13)17-14-10-6-3-7-11-14/h3,6-7,10-11,13,15H,1-2,4-5,8-9,12,16H2. The zero-order valence-corrected chi connectivity index (χ0v) is 11.3. The number of hydrogen-bond donors (Lipinski definition) is 1. The van der Waals surface area contributed by atoms with E-state index in [1.807, 2.05) is 11.8 Å². The van der Waals surface area contributed by atoms with E-state index in [0.29, 0.717) is 5.25 Å². The molecule has 1 aliphatic carbocycles. The van der Waals surface area contributed by atoms with E-state index in [2.05, 4.69) is 30.3 Å². The summed E-state index contributed by atoms with van der Waals surface area (Å²) in [7, 11) is 0. The Morgan fingerprint density at radius 3 is 2.29 bits per heavy atom. The highest BCUT2D eigenvalue weighted by Crippen LogP contribution is 2.34. The SMILES string of the molecule is NCC(Sc1ccccc1)C1CCCCCC1. The van der Waals surface area contributed by atoms with E-state index < -0.39 is 0 Å². The van der Waals surface area contributed by atoms with Crippen molar-refractivity contribution in [2.75, 3.05) is 6.54 Å². The molecule has 1 nitrogen and oxygen atoms in total. The smallest absolute Gasteiger partial charge is 0.0245 e. The van der Waals surface area contributed by atoms with Gasteiger partial charge in [0, 0.05) is 16.7 Å². The second-order valence-corrected chi connectivity index (χ2v) is 6.27. The molecule has 0 bridgehead atoms. The topological polar surface area (TPSA) is 26.0 Å². The highest BCUT2D eigenvalue weighted by molar-refractivity contribution is 8.00. The Labute approximate surface area is 109 Å². The van der Waals surface area contributed by atoms with Crippen LogP contribution in [-0.2, 0) is 0 Å². The second kappa shape index (κ2) is 7.07. The van der Waals surface area contributed by atoms with Crippen LogP contribution in [0.15, 0.2) is 35.2 Å². The number of hydrogen-bond acceptors (Lipinski definition) is 2. The van der Waals surface area contributed by atoms with Crippen LogP contribution < -0.4 is 5.73 Å². The molecule has 1 fully saturated rings. The summed E-state index contributed by atoms with van der Waals surface area (Å²) in [5.41, 5.74) is 5.98. The maximum absolute atomic E-state index is 5.98. The molecule has 17 heavy (non-hydrogen) atoms. The van der Waals surface area contributed by atoms with E-state index in [9.17, 15) is 0 Å². The quantitative estimate of drug-likeness (QED) is 0.643. The Kier molecular flexibility index (Phi) is 5.40. The van der Waals surface area contributed by atoms with Crippen molar-refractivity contribution in [1.82, 2.24) is 0 Å². The molecule has 2 N–H and O–H groups in total. The predicted molar refractivity (Wildman–Crippen MR) is 76.3 cm³/mol. The molecule has 94 valence electrons. The summed E-state index contributed by atoms with van der Waals surface area (Å²) < 4.78 is 0. The van der Waals surface area contributed by atoms with Gasteiger partial charge < -0.3 is 5.73 Å². The molecular weight excluding hydrogens is 226 g/mol. The third-order valence-corrected chi connectivity index (χ3v) is 5.11. The summed E-state index contributed by atoms with van der Waals surface area (Å²) in [6.45, 7) is 0.810. The van der Waals surface area contributed by atoms with Gasteiger partial charge in [-0.15, -0.1) is 11.8 Å². The average Bonchev–Trinajstić information content (AvgIpc) is 2.66.